The Morgan fingerprint density at radius 2 is 1.78 bits per heavy atom. The largest absolute Gasteiger partial charge is 0.370 e. The van der Waals surface area contributed by atoms with Gasteiger partial charge in [-0.2, -0.15) is 0 Å². The predicted molar refractivity (Wildman–Crippen MR) is 113 cm³/mol. The first-order chi connectivity index (χ1) is 15.4. The molecule has 32 heavy (non-hydrogen) atoms. The van der Waals surface area contributed by atoms with Crippen LogP contribution in [-0.4, -0.2) is 85.1 Å². The summed E-state index contributed by atoms with van der Waals surface area (Å²) in [5.74, 6) is -1.20. The standard InChI is InChI=1S/C22H25N5O5/c1-23-18(29)11-25-7-12-9-26(10-13(12)8-25)15-4-2-3-14-19(15)22(32)27(21(14)31)16-5-6-17(28)24-20(16)30/h2-4,12-13,16H,5-11H2,1H3,(H,23,29)(H,24,28,30). The SMILES string of the molecule is CNC(=O)CN1CC2CN(c3cccc4c3C(=O)N(C3CCC(=O)NC3=O)C4=O)CC2C1. The number of amides is 5. The van der Waals surface area contributed by atoms with Crippen LogP contribution in [0, 0.1) is 11.8 Å². The Labute approximate surface area is 184 Å². The zero-order valence-corrected chi connectivity index (χ0v) is 17.8. The zero-order valence-electron chi connectivity index (χ0n) is 17.8. The predicted octanol–water partition coefficient (Wildman–Crippen LogP) is -0.798. The van der Waals surface area contributed by atoms with Crippen LogP contribution in [0.3, 0.4) is 0 Å². The van der Waals surface area contributed by atoms with E-state index in [0.717, 1.165) is 31.1 Å². The first kappa shape index (κ1) is 20.6. The molecule has 2 N–H and O–H groups in total. The van der Waals surface area contributed by atoms with Crippen molar-refractivity contribution in [2.24, 2.45) is 11.8 Å². The minimum atomic E-state index is -0.968. The summed E-state index contributed by atoms with van der Waals surface area (Å²) in [6.45, 7) is 3.51. The van der Waals surface area contributed by atoms with Gasteiger partial charge in [-0.25, -0.2) is 0 Å². The number of benzene rings is 1. The molecular weight excluding hydrogens is 414 g/mol. The molecule has 0 aromatic heterocycles. The molecule has 5 amide bonds. The van der Waals surface area contributed by atoms with Gasteiger partial charge in [-0.15, -0.1) is 0 Å². The van der Waals surface area contributed by atoms with Crippen molar-refractivity contribution >= 4 is 35.2 Å². The van der Waals surface area contributed by atoms with Crippen LogP contribution in [0.25, 0.3) is 0 Å². The number of nitrogens with zero attached hydrogens (tertiary/aromatic N) is 3. The third-order valence-electron chi connectivity index (χ3n) is 6.99. The molecule has 10 nitrogen and oxygen atoms in total. The van der Waals surface area contributed by atoms with Crippen LogP contribution in [0.1, 0.15) is 33.6 Å². The van der Waals surface area contributed by atoms with Crippen LogP contribution in [0.5, 0.6) is 0 Å². The molecule has 3 fully saturated rings. The van der Waals surface area contributed by atoms with Gasteiger partial charge in [0.05, 0.1) is 23.4 Å². The molecule has 0 spiro atoms. The van der Waals surface area contributed by atoms with E-state index in [1.54, 1.807) is 19.2 Å². The van der Waals surface area contributed by atoms with E-state index in [1.165, 1.54) is 0 Å². The van der Waals surface area contributed by atoms with Crippen molar-refractivity contribution in [3.63, 3.8) is 0 Å². The molecule has 0 radical (unpaired) electrons. The number of nitrogens with one attached hydrogen (secondary N) is 2. The van der Waals surface area contributed by atoms with Crippen molar-refractivity contribution in [2.75, 3.05) is 44.7 Å². The van der Waals surface area contributed by atoms with Crippen LogP contribution < -0.4 is 15.5 Å². The molecule has 5 rings (SSSR count). The summed E-state index contributed by atoms with van der Waals surface area (Å²) >= 11 is 0. The number of rotatable bonds is 4. The molecule has 1 aromatic carbocycles. The summed E-state index contributed by atoms with van der Waals surface area (Å²) in [6.07, 6.45) is 0.235. The number of hydrogen-bond acceptors (Lipinski definition) is 7. The number of fused-ring (bicyclic) bond motifs is 2. The molecule has 4 aliphatic heterocycles. The smallest absolute Gasteiger partial charge is 0.264 e. The van der Waals surface area contributed by atoms with Crippen LogP contribution >= 0.6 is 0 Å². The molecule has 10 heteroatoms. The van der Waals surface area contributed by atoms with Crippen molar-refractivity contribution in [3.05, 3.63) is 29.3 Å². The normalized spacial score (nSPS) is 27.6. The Bertz CT molecular complexity index is 1030. The fourth-order valence-corrected chi connectivity index (χ4v) is 5.46. The number of hydrogen-bond donors (Lipinski definition) is 2. The van der Waals surface area contributed by atoms with Gasteiger partial charge in [-0.05, 0) is 30.4 Å². The molecule has 4 aliphatic rings. The lowest BCUT2D eigenvalue weighted by Crippen LogP contribution is -2.54. The lowest BCUT2D eigenvalue weighted by atomic mass is 10.0. The molecule has 3 atom stereocenters. The van der Waals surface area contributed by atoms with Gasteiger partial charge in [0, 0.05) is 39.6 Å². The van der Waals surface area contributed by atoms with Gasteiger partial charge in [-0.3, -0.25) is 39.1 Å². The molecule has 0 saturated carbocycles. The second kappa shape index (κ2) is 7.70. The second-order valence-electron chi connectivity index (χ2n) is 8.94. The van der Waals surface area contributed by atoms with Crippen molar-refractivity contribution in [1.29, 1.82) is 0 Å². The van der Waals surface area contributed by atoms with E-state index in [4.69, 9.17) is 0 Å². The summed E-state index contributed by atoms with van der Waals surface area (Å²) in [5.41, 5.74) is 1.35. The van der Waals surface area contributed by atoms with Crippen molar-refractivity contribution in [2.45, 2.75) is 18.9 Å². The average Bonchev–Trinajstić information content (AvgIpc) is 3.39. The van der Waals surface area contributed by atoms with Gasteiger partial charge in [-0.1, -0.05) is 6.07 Å². The van der Waals surface area contributed by atoms with Gasteiger partial charge in [0.2, 0.25) is 17.7 Å². The van der Waals surface area contributed by atoms with Crippen molar-refractivity contribution < 1.29 is 24.0 Å². The van der Waals surface area contributed by atoms with E-state index < -0.39 is 29.7 Å². The Balaban J connectivity index is 1.35. The molecule has 168 valence electrons. The van der Waals surface area contributed by atoms with E-state index >= 15 is 0 Å². The Morgan fingerprint density at radius 3 is 2.44 bits per heavy atom. The van der Waals surface area contributed by atoms with Crippen LogP contribution in [0.2, 0.25) is 0 Å². The Hall–Kier alpha value is -3.27. The lowest BCUT2D eigenvalue weighted by molar-refractivity contribution is -0.136. The highest BCUT2D eigenvalue weighted by Gasteiger charge is 2.47. The quantitative estimate of drug-likeness (QED) is 0.590. The number of likely N-dealkylation sites (N-methyl/N-ethyl adjacent to an activating group) is 1. The van der Waals surface area contributed by atoms with E-state index in [1.807, 2.05) is 6.07 Å². The van der Waals surface area contributed by atoms with E-state index in [2.05, 4.69) is 20.4 Å². The number of piperidine rings is 1. The second-order valence-corrected chi connectivity index (χ2v) is 8.94. The highest BCUT2D eigenvalue weighted by Crippen LogP contribution is 2.39. The zero-order chi connectivity index (χ0) is 22.6. The lowest BCUT2D eigenvalue weighted by Gasteiger charge is -2.28. The van der Waals surface area contributed by atoms with Crippen LogP contribution in [0.4, 0.5) is 5.69 Å². The average molecular weight is 439 g/mol. The van der Waals surface area contributed by atoms with E-state index in [-0.39, 0.29) is 18.7 Å². The monoisotopic (exact) mass is 439 g/mol. The maximum atomic E-state index is 13.3. The molecule has 0 bridgehead atoms. The number of carbonyl (C=O) groups is 5. The van der Waals surface area contributed by atoms with Crippen molar-refractivity contribution in [1.82, 2.24) is 20.4 Å². The summed E-state index contributed by atoms with van der Waals surface area (Å²) in [6, 6.07) is 4.26. The first-order valence-corrected chi connectivity index (χ1v) is 10.9. The Morgan fingerprint density at radius 1 is 1.06 bits per heavy atom. The van der Waals surface area contributed by atoms with Gasteiger partial charge >= 0.3 is 0 Å². The van der Waals surface area contributed by atoms with Gasteiger partial charge in [0.1, 0.15) is 6.04 Å². The van der Waals surface area contributed by atoms with Crippen LogP contribution in [-0.2, 0) is 14.4 Å². The summed E-state index contributed by atoms with van der Waals surface area (Å²) < 4.78 is 0. The third-order valence-corrected chi connectivity index (χ3v) is 6.99. The van der Waals surface area contributed by atoms with Gasteiger partial charge in [0.25, 0.3) is 11.8 Å². The number of carbonyl (C=O) groups excluding carboxylic acids is 5. The minimum Gasteiger partial charge on any atom is -0.370 e. The van der Waals surface area contributed by atoms with Crippen LogP contribution in [0.15, 0.2) is 18.2 Å². The highest BCUT2D eigenvalue weighted by molar-refractivity contribution is 6.25. The van der Waals surface area contributed by atoms with Gasteiger partial charge < -0.3 is 10.2 Å². The minimum absolute atomic E-state index is 0.000332. The molecular formula is C22H25N5O5. The number of likely N-dealkylation sites (tertiary alicyclic amines) is 1. The van der Waals surface area contributed by atoms with E-state index in [9.17, 15) is 24.0 Å². The summed E-state index contributed by atoms with van der Waals surface area (Å²) in [5, 5.41) is 4.88. The number of anilines is 1. The fourth-order valence-electron chi connectivity index (χ4n) is 5.46. The topological polar surface area (TPSA) is 119 Å². The summed E-state index contributed by atoms with van der Waals surface area (Å²) in [4.78, 5) is 67.2. The molecule has 3 saturated heterocycles. The molecule has 1 aromatic rings. The fraction of sp³-hybridized carbons (Fsp3) is 0.500. The maximum absolute atomic E-state index is 13.3. The summed E-state index contributed by atoms with van der Waals surface area (Å²) in [7, 11) is 1.63. The Kier molecular flexibility index (Phi) is 4.96. The molecule has 0 aliphatic carbocycles. The highest BCUT2D eigenvalue weighted by atomic mass is 16.2. The molecule has 3 unspecified atom stereocenters. The first-order valence-electron chi connectivity index (χ1n) is 10.9. The molecule has 4 heterocycles. The maximum Gasteiger partial charge on any atom is 0.264 e. The third kappa shape index (κ3) is 3.26. The van der Waals surface area contributed by atoms with Crippen molar-refractivity contribution in [3.8, 4) is 0 Å². The number of imide groups is 2. The van der Waals surface area contributed by atoms with Gasteiger partial charge in [0.15, 0.2) is 0 Å². The van der Waals surface area contributed by atoms with E-state index in [0.29, 0.717) is 35.2 Å².